The predicted molar refractivity (Wildman–Crippen MR) is 111 cm³/mol. The fourth-order valence-corrected chi connectivity index (χ4v) is 3.46. The molecule has 0 aliphatic carbocycles. The molecule has 0 radical (unpaired) electrons. The molecular weight excluding hydrogens is 407 g/mol. The van der Waals surface area contributed by atoms with Crippen LogP contribution in [0.5, 0.6) is 0 Å². The van der Waals surface area contributed by atoms with Gasteiger partial charge in [-0.15, -0.1) is 0 Å². The normalized spacial score (nSPS) is 14.4. The largest absolute Gasteiger partial charge is 0.416 e. The summed E-state index contributed by atoms with van der Waals surface area (Å²) >= 11 is 0. The van der Waals surface area contributed by atoms with E-state index in [9.17, 15) is 22.8 Å². The molecule has 2 aromatic rings. The molecule has 3 rings (SSSR count). The number of halogens is 3. The number of hydrogen-bond donors (Lipinski definition) is 1. The van der Waals surface area contributed by atoms with E-state index in [4.69, 9.17) is 0 Å². The van der Waals surface area contributed by atoms with Crippen molar-refractivity contribution >= 4 is 11.8 Å². The highest BCUT2D eigenvalue weighted by atomic mass is 19.4. The van der Waals surface area contributed by atoms with Crippen LogP contribution in [0.4, 0.5) is 13.2 Å². The van der Waals surface area contributed by atoms with Gasteiger partial charge in [0, 0.05) is 38.3 Å². The number of alkyl halides is 3. The molecule has 1 N–H and O–H groups in total. The van der Waals surface area contributed by atoms with E-state index in [2.05, 4.69) is 5.32 Å². The molecule has 2 amide bonds. The van der Waals surface area contributed by atoms with Crippen molar-refractivity contribution in [3.8, 4) is 0 Å². The number of nitrogens with zero attached hydrogens (tertiary/aromatic N) is 2. The lowest BCUT2D eigenvalue weighted by Gasteiger charge is -2.30. The van der Waals surface area contributed by atoms with Crippen LogP contribution in [-0.4, -0.2) is 54.3 Å². The van der Waals surface area contributed by atoms with E-state index in [1.165, 1.54) is 4.90 Å². The standard InChI is InChI=1S/C23H26F3N3O2/c1-2-17-3-5-18(6-4-17)15-29(16-21(30)28-13-11-27-12-14-28)22(31)19-7-9-20(10-8-19)23(24,25)26/h3-10,27H,2,11-16H2,1H3. The van der Waals surface area contributed by atoms with E-state index in [0.717, 1.165) is 41.8 Å². The smallest absolute Gasteiger partial charge is 0.339 e. The van der Waals surface area contributed by atoms with Gasteiger partial charge in [0.05, 0.1) is 5.56 Å². The fourth-order valence-electron chi connectivity index (χ4n) is 3.46. The van der Waals surface area contributed by atoms with Gasteiger partial charge in [-0.1, -0.05) is 31.2 Å². The maximum atomic E-state index is 13.1. The number of rotatable bonds is 6. The summed E-state index contributed by atoms with van der Waals surface area (Å²) in [5, 5.41) is 3.17. The van der Waals surface area contributed by atoms with Crippen molar-refractivity contribution < 1.29 is 22.8 Å². The molecule has 0 saturated carbocycles. The Morgan fingerprint density at radius 3 is 2.10 bits per heavy atom. The van der Waals surface area contributed by atoms with Crippen LogP contribution in [-0.2, 0) is 23.9 Å². The Kier molecular flexibility index (Phi) is 7.33. The number of hydrogen-bond acceptors (Lipinski definition) is 3. The van der Waals surface area contributed by atoms with Gasteiger partial charge in [-0.25, -0.2) is 0 Å². The summed E-state index contributed by atoms with van der Waals surface area (Å²) in [6.07, 6.45) is -3.59. The van der Waals surface area contributed by atoms with Crippen LogP contribution in [0.15, 0.2) is 48.5 Å². The minimum absolute atomic E-state index is 0.117. The molecule has 0 bridgehead atoms. The lowest BCUT2D eigenvalue weighted by atomic mass is 10.1. The second-order valence-corrected chi connectivity index (χ2v) is 7.54. The average Bonchev–Trinajstić information content (AvgIpc) is 2.78. The fraction of sp³-hybridized carbons (Fsp3) is 0.391. The molecule has 1 fully saturated rings. The second kappa shape index (κ2) is 9.96. The van der Waals surface area contributed by atoms with E-state index in [0.29, 0.717) is 26.2 Å². The molecule has 2 aromatic carbocycles. The molecule has 166 valence electrons. The van der Waals surface area contributed by atoms with Gasteiger partial charge in [-0.3, -0.25) is 9.59 Å². The van der Waals surface area contributed by atoms with Crippen LogP contribution in [0.2, 0.25) is 0 Å². The number of piperazine rings is 1. The first-order chi connectivity index (χ1) is 14.8. The van der Waals surface area contributed by atoms with E-state index < -0.39 is 17.6 Å². The van der Waals surface area contributed by atoms with Gasteiger partial charge in [0.15, 0.2) is 0 Å². The molecule has 1 aliphatic heterocycles. The zero-order valence-electron chi connectivity index (χ0n) is 17.4. The third kappa shape index (κ3) is 6.07. The molecule has 1 aliphatic rings. The number of amides is 2. The summed E-state index contributed by atoms with van der Waals surface area (Å²) in [5.41, 5.74) is 1.31. The Balaban J connectivity index is 1.80. The zero-order valence-corrected chi connectivity index (χ0v) is 17.4. The highest BCUT2D eigenvalue weighted by Crippen LogP contribution is 2.29. The van der Waals surface area contributed by atoms with Crippen LogP contribution >= 0.6 is 0 Å². The van der Waals surface area contributed by atoms with Gasteiger partial charge < -0.3 is 15.1 Å². The first-order valence-corrected chi connectivity index (χ1v) is 10.3. The molecule has 1 heterocycles. The summed E-state index contributed by atoms with van der Waals surface area (Å²) in [6, 6.07) is 11.8. The molecule has 0 spiro atoms. The van der Waals surface area contributed by atoms with Crippen LogP contribution in [0.25, 0.3) is 0 Å². The van der Waals surface area contributed by atoms with Crippen LogP contribution in [0.3, 0.4) is 0 Å². The van der Waals surface area contributed by atoms with Crippen LogP contribution in [0.1, 0.15) is 34.0 Å². The van der Waals surface area contributed by atoms with Crippen LogP contribution < -0.4 is 5.32 Å². The van der Waals surface area contributed by atoms with Crippen molar-refractivity contribution in [3.05, 3.63) is 70.8 Å². The molecular formula is C23H26F3N3O2. The number of nitrogens with one attached hydrogen (secondary N) is 1. The topological polar surface area (TPSA) is 52.7 Å². The number of aryl methyl sites for hydroxylation is 1. The maximum absolute atomic E-state index is 13.1. The van der Waals surface area contributed by atoms with Crippen LogP contribution in [0, 0.1) is 0 Å². The summed E-state index contributed by atoms with van der Waals surface area (Å²) in [4.78, 5) is 29.0. The first kappa shape index (κ1) is 22.8. The number of carbonyl (C=O) groups is 2. The molecule has 0 aromatic heterocycles. The number of carbonyl (C=O) groups excluding carboxylic acids is 2. The third-order valence-corrected chi connectivity index (χ3v) is 5.35. The lowest BCUT2D eigenvalue weighted by molar-refractivity contribution is -0.137. The van der Waals surface area contributed by atoms with Gasteiger partial charge in [-0.05, 0) is 41.8 Å². The average molecular weight is 433 g/mol. The Morgan fingerprint density at radius 1 is 0.968 bits per heavy atom. The Bertz CT molecular complexity index is 890. The van der Waals surface area contributed by atoms with Gasteiger partial charge in [-0.2, -0.15) is 13.2 Å². The SMILES string of the molecule is CCc1ccc(CN(CC(=O)N2CCNCC2)C(=O)c2ccc(C(F)(F)F)cc2)cc1. The summed E-state index contributed by atoms with van der Waals surface area (Å²) < 4.78 is 38.6. The van der Waals surface area contributed by atoms with E-state index >= 15 is 0 Å². The van der Waals surface area contributed by atoms with Crippen molar-refractivity contribution in [1.82, 2.24) is 15.1 Å². The Hall–Kier alpha value is -2.87. The van der Waals surface area contributed by atoms with Gasteiger partial charge in [0.2, 0.25) is 5.91 Å². The van der Waals surface area contributed by atoms with Crippen molar-refractivity contribution in [2.24, 2.45) is 0 Å². The molecule has 8 heteroatoms. The lowest BCUT2D eigenvalue weighted by Crippen LogP contribution is -2.50. The Morgan fingerprint density at radius 2 is 1.55 bits per heavy atom. The minimum atomic E-state index is -4.47. The quantitative estimate of drug-likeness (QED) is 0.760. The van der Waals surface area contributed by atoms with E-state index in [1.54, 1.807) is 4.90 Å². The highest BCUT2D eigenvalue weighted by Gasteiger charge is 2.31. The van der Waals surface area contributed by atoms with Crippen molar-refractivity contribution in [2.75, 3.05) is 32.7 Å². The minimum Gasteiger partial charge on any atom is -0.339 e. The second-order valence-electron chi connectivity index (χ2n) is 7.54. The maximum Gasteiger partial charge on any atom is 0.416 e. The summed E-state index contributed by atoms with van der Waals surface area (Å²) in [7, 11) is 0. The number of benzene rings is 2. The summed E-state index contributed by atoms with van der Waals surface area (Å²) in [5.74, 6) is -0.649. The first-order valence-electron chi connectivity index (χ1n) is 10.3. The summed E-state index contributed by atoms with van der Waals surface area (Å²) in [6.45, 7) is 4.62. The van der Waals surface area contributed by atoms with Gasteiger partial charge >= 0.3 is 6.18 Å². The van der Waals surface area contributed by atoms with E-state index in [-0.39, 0.29) is 24.6 Å². The highest BCUT2D eigenvalue weighted by molar-refractivity contribution is 5.96. The van der Waals surface area contributed by atoms with Gasteiger partial charge in [0.1, 0.15) is 6.54 Å². The molecule has 0 unspecified atom stereocenters. The van der Waals surface area contributed by atoms with Gasteiger partial charge in [0.25, 0.3) is 5.91 Å². The van der Waals surface area contributed by atoms with Crippen molar-refractivity contribution in [2.45, 2.75) is 26.1 Å². The molecule has 0 atom stereocenters. The van der Waals surface area contributed by atoms with Crippen molar-refractivity contribution in [1.29, 1.82) is 0 Å². The third-order valence-electron chi connectivity index (χ3n) is 5.35. The Labute approximate surface area is 179 Å². The zero-order chi connectivity index (χ0) is 22.4. The van der Waals surface area contributed by atoms with Crippen molar-refractivity contribution in [3.63, 3.8) is 0 Å². The monoisotopic (exact) mass is 433 g/mol. The predicted octanol–water partition coefficient (Wildman–Crippen LogP) is 3.34. The van der Waals surface area contributed by atoms with E-state index in [1.807, 2.05) is 31.2 Å². The molecule has 31 heavy (non-hydrogen) atoms. The molecule has 1 saturated heterocycles. The molecule has 5 nitrogen and oxygen atoms in total.